The number of nitrogens with zero attached hydrogens (tertiary/aromatic N) is 4. The van der Waals surface area contributed by atoms with Crippen LogP contribution in [0.4, 0.5) is 0 Å². The number of nitrogens with one attached hydrogen (secondary N) is 1. The lowest BCUT2D eigenvalue weighted by Gasteiger charge is -2.33. The highest BCUT2D eigenvalue weighted by atomic mass is 32.2. The molecular formula is C20H23N5O2S. The fourth-order valence-electron chi connectivity index (χ4n) is 3.22. The first-order chi connectivity index (χ1) is 13.8. The van der Waals surface area contributed by atoms with Gasteiger partial charge in [0.25, 0.3) is 0 Å². The summed E-state index contributed by atoms with van der Waals surface area (Å²) in [6.45, 7) is 3.84. The zero-order chi connectivity index (χ0) is 19.2. The van der Waals surface area contributed by atoms with Gasteiger partial charge in [0, 0.05) is 32.4 Å². The van der Waals surface area contributed by atoms with E-state index in [-0.39, 0.29) is 12.0 Å². The smallest absolute Gasteiger partial charge is 0.230 e. The van der Waals surface area contributed by atoms with Crippen molar-refractivity contribution >= 4 is 23.3 Å². The maximum absolute atomic E-state index is 12.2. The van der Waals surface area contributed by atoms with Crippen LogP contribution in [0.25, 0.3) is 5.65 Å². The zero-order valence-electron chi connectivity index (χ0n) is 15.5. The van der Waals surface area contributed by atoms with Gasteiger partial charge in [0.1, 0.15) is 0 Å². The number of aromatic nitrogens is 3. The van der Waals surface area contributed by atoms with Crippen molar-refractivity contribution in [3.63, 3.8) is 0 Å². The van der Waals surface area contributed by atoms with E-state index < -0.39 is 0 Å². The Labute approximate surface area is 168 Å². The second kappa shape index (κ2) is 9.18. The van der Waals surface area contributed by atoms with E-state index in [4.69, 9.17) is 4.74 Å². The predicted octanol–water partition coefficient (Wildman–Crippen LogP) is 1.84. The number of hydrogen-bond donors (Lipinski definition) is 1. The summed E-state index contributed by atoms with van der Waals surface area (Å²) >= 11 is 1.38. The van der Waals surface area contributed by atoms with E-state index in [0.29, 0.717) is 24.1 Å². The molecule has 1 N–H and O–H groups in total. The minimum Gasteiger partial charge on any atom is -0.374 e. The van der Waals surface area contributed by atoms with Crippen molar-refractivity contribution in [3.05, 3.63) is 60.3 Å². The van der Waals surface area contributed by atoms with Gasteiger partial charge in [-0.2, -0.15) is 0 Å². The lowest BCUT2D eigenvalue weighted by Crippen LogP contribution is -2.47. The van der Waals surface area contributed by atoms with Crippen LogP contribution in [-0.4, -0.2) is 63.5 Å². The van der Waals surface area contributed by atoms with Gasteiger partial charge < -0.3 is 10.1 Å². The van der Waals surface area contributed by atoms with Gasteiger partial charge in [-0.1, -0.05) is 48.2 Å². The van der Waals surface area contributed by atoms with Crippen molar-refractivity contribution in [3.8, 4) is 0 Å². The number of amides is 1. The fraction of sp³-hybridized carbons (Fsp3) is 0.350. The maximum Gasteiger partial charge on any atom is 0.230 e. The topological polar surface area (TPSA) is 71.8 Å². The minimum atomic E-state index is -0.0264. The molecule has 1 aliphatic heterocycles. The highest BCUT2D eigenvalue weighted by molar-refractivity contribution is 7.99. The van der Waals surface area contributed by atoms with Gasteiger partial charge >= 0.3 is 0 Å². The lowest BCUT2D eigenvalue weighted by molar-refractivity contribution is -0.119. The fourth-order valence-corrected chi connectivity index (χ4v) is 3.97. The first kappa shape index (κ1) is 18.9. The third-order valence-corrected chi connectivity index (χ3v) is 5.56. The first-order valence-corrected chi connectivity index (χ1v) is 10.3. The van der Waals surface area contributed by atoms with Gasteiger partial charge in [0.2, 0.25) is 5.91 Å². The number of ether oxygens (including phenoxy) is 1. The summed E-state index contributed by atoms with van der Waals surface area (Å²) in [6.07, 6.45) is 1.91. The molecule has 0 saturated carbocycles. The second-order valence-electron chi connectivity index (χ2n) is 6.72. The molecular weight excluding hydrogens is 374 g/mol. The van der Waals surface area contributed by atoms with Crippen LogP contribution in [0, 0.1) is 0 Å². The molecule has 3 heterocycles. The van der Waals surface area contributed by atoms with Crippen molar-refractivity contribution in [1.29, 1.82) is 0 Å². The standard InChI is InChI=1S/C20H23N5O2S/c26-19(15-28-20-23-22-18-8-4-5-9-25(18)20)21-12-17-14-24(10-11-27-17)13-16-6-2-1-3-7-16/h1-9,17H,10-15H2,(H,21,26). The van der Waals surface area contributed by atoms with Crippen LogP contribution in [0.2, 0.25) is 0 Å². The number of carbonyl (C=O) groups is 1. The van der Waals surface area contributed by atoms with Crippen molar-refractivity contribution in [1.82, 2.24) is 24.8 Å². The number of pyridine rings is 1. The summed E-state index contributed by atoms with van der Waals surface area (Å²) in [5.74, 6) is 0.275. The summed E-state index contributed by atoms with van der Waals surface area (Å²) in [5.41, 5.74) is 2.07. The molecule has 1 aromatic carbocycles. The molecule has 8 heteroatoms. The summed E-state index contributed by atoms with van der Waals surface area (Å²) in [4.78, 5) is 14.6. The number of benzene rings is 1. The Morgan fingerprint density at radius 2 is 2.04 bits per heavy atom. The second-order valence-corrected chi connectivity index (χ2v) is 7.66. The van der Waals surface area contributed by atoms with E-state index in [9.17, 15) is 4.79 Å². The van der Waals surface area contributed by atoms with Crippen LogP contribution in [-0.2, 0) is 16.1 Å². The largest absolute Gasteiger partial charge is 0.374 e. The molecule has 146 valence electrons. The van der Waals surface area contributed by atoms with Crippen molar-refractivity contribution in [2.45, 2.75) is 17.8 Å². The minimum absolute atomic E-state index is 0.0142. The van der Waals surface area contributed by atoms with Gasteiger partial charge in [-0.15, -0.1) is 10.2 Å². The van der Waals surface area contributed by atoms with Gasteiger partial charge in [0.05, 0.1) is 18.5 Å². The molecule has 0 radical (unpaired) electrons. The number of thioether (sulfide) groups is 1. The molecule has 1 fully saturated rings. The lowest BCUT2D eigenvalue weighted by atomic mass is 10.2. The summed E-state index contributed by atoms with van der Waals surface area (Å²) < 4.78 is 7.69. The molecule has 1 unspecified atom stereocenters. The van der Waals surface area contributed by atoms with E-state index >= 15 is 0 Å². The summed E-state index contributed by atoms with van der Waals surface area (Å²) in [6, 6.07) is 16.1. The third kappa shape index (κ3) is 4.89. The normalized spacial score (nSPS) is 17.6. The average Bonchev–Trinajstić information content (AvgIpc) is 3.15. The van der Waals surface area contributed by atoms with E-state index in [1.54, 1.807) is 0 Å². The van der Waals surface area contributed by atoms with E-state index in [0.717, 1.165) is 25.3 Å². The highest BCUT2D eigenvalue weighted by Gasteiger charge is 2.21. The van der Waals surface area contributed by atoms with Crippen LogP contribution < -0.4 is 5.32 Å². The first-order valence-electron chi connectivity index (χ1n) is 9.35. The molecule has 7 nitrogen and oxygen atoms in total. The number of hydrogen-bond acceptors (Lipinski definition) is 6. The third-order valence-electron chi connectivity index (χ3n) is 4.61. The van der Waals surface area contributed by atoms with Crippen LogP contribution >= 0.6 is 11.8 Å². The van der Waals surface area contributed by atoms with E-state index in [1.165, 1.54) is 17.3 Å². The van der Waals surface area contributed by atoms with Crippen molar-refractivity contribution < 1.29 is 9.53 Å². The molecule has 0 spiro atoms. The Hall–Kier alpha value is -2.42. The molecule has 1 aliphatic rings. The quantitative estimate of drug-likeness (QED) is 0.614. The number of fused-ring (bicyclic) bond motifs is 1. The molecule has 28 heavy (non-hydrogen) atoms. The molecule has 1 saturated heterocycles. The van der Waals surface area contributed by atoms with Gasteiger partial charge in [-0.05, 0) is 17.7 Å². The Morgan fingerprint density at radius 3 is 2.93 bits per heavy atom. The van der Waals surface area contributed by atoms with E-state index in [1.807, 2.05) is 34.9 Å². The summed E-state index contributed by atoms with van der Waals surface area (Å²) in [7, 11) is 0. The molecule has 3 aromatic rings. The van der Waals surface area contributed by atoms with Gasteiger partial charge in [-0.3, -0.25) is 14.1 Å². The predicted molar refractivity (Wildman–Crippen MR) is 108 cm³/mol. The Kier molecular flexibility index (Phi) is 6.20. The zero-order valence-corrected chi connectivity index (χ0v) is 16.3. The Balaban J connectivity index is 1.22. The number of carbonyl (C=O) groups excluding carboxylic acids is 1. The molecule has 1 amide bonds. The molecule has 1 atom stereocenters. The van der Waals surface area contributed by atoms with Crippen LogP contribution in [0.5, 0.6) is 0 Å². The Bertz CT molecular complexity index is 917. The summed E-state index contributed by atoms with van der Waals surface area (Å²) in [5, 5.41) is 11.9. The Morgan fingerprint density at radius 1 is 1.18 bits per heavy atom. The van der Waals surface area contributed by atoms with Gasteiger partial charge in [-0.25, -0.2) is 0 Å². The molecule has 0 bridgehead atoms. The van der Waals surface area contributed by atoms with Crippen molar-refractivity contribution in [2.24, 2.45) is 0 Å². The van der Waals surface area contributed by atoms with Crippen molar-refractivity contribution in [2.75, 3.05) is 32.0 Å². The monoisotopic (exact) mass is 397 g/mol. The van der Waals surface area contributed by atoms with Crippen LogP contribution in [0.15, 0.2) is 59.9 Å². The molecule has 2 aromatic heterocycles. The number of rotatable bonds is 7. The number of morpholine rings is 1. The van der Waals surface area contributed by atoms with Crippen LogP contribution in [0.3, 0.4) is 0 Å². The molecule has 0 aliphatic carbocycles. The highest BCUT2D eigenvalue weighted by Crippen LogP contribution is 2.16. The average molecular weight is 398 g/mol. The maximum atomic E-state index is 12.2. The van der Waals surface area contributed by atoms with Crippen LogP contribution in [0.1, 0.15) is 5.56 Å². The SMILES string of the molecule is O=C(CSc1nnc2ccccn12)NCC1CN(Cc2ccccc2)CCO1. The van der Waals surface area contributed by atoms with Gasteiger partial charge in [0.15, 0.2) is 10.8 Å². The molecule has 4 rings (SSSR count). The van der Waals surface area contributed by atoms with E-state index in [2.05, 4.69) is 44.7 Å².